The minimum Gasteiger partial charge on any atom is -0.379 e. The molecule has 0 unspecified atom stereocenters. The molecule has 0 saturated carbocycles. The van der Waals surface area contributed by atoms with Crippen molar-refractivity contribution in [3.63, 3.8) is 0 Å². The van der Waals surface area contributed by atoms with Crippen LogP contribution in [-0.2, 0) is 20.7 Å². The van der Waals surface area contributed by atoms with Crippen LogP contribution in [0.3, 0.4) is 0 Å². The van der Waals surface area contributed by atoms with Gasteiger partial charge in [-0.25, -0.2) is 0 Å². The molecule has 1 aliphatic rings. The van der Waals surface area contributed by atoms with Crippen molar-refractivity contribution < 1.29 is 14.3 Å². The number of carbonyl (C=O) groups excluding carboxylic acids is 2. The molecule has 0 radical (unpaired) electrons. The molecule has 1 aliphatic heterocycles. The number of amides is 2. The second-order valence-corrected chi connectivity index (χ2v) is 5.32. The van der Waals surface area contributed by atoms with E-state index in [2.05, 4.69) is 17.4 Å². The van der Waals surface area contributed by atoms with Crippen LogP contribution in [0, 0.1) is 0 Å². The second-order valence-electron chi connectivity index (χ2n) is 5.32. The number of hydrogen-bond donors (Lipinski definition) is 1. The van der Waals surface area contributed by atoms with Crippen LogP contribution in [0.2, 0.25) is 0 Å². The van der Waals surface area contributed by atoms with E-state index in [0.717, 1.165) is 12.8 Å². The van der Waals surface area contributed by atoms with Crippen molar-refractivity contribution in [2.75, 3.05) is 20.2 Å². The Hall–Kier alpha value is -1.88. The SMILES string of the molecule is CO[C@H]1CCN(C(=O)CNC(C)=O)[C@H]1Cc1ccccc1. The largest absolute Gasteiger partial charge is 0.379 e. The van der Waals surface area contributed by atoms with Crippen LogP contribution in [-0.4, -0.2) is 49.1 Å². The van der Waals surface area contributed by atoms with E-state index >= 15 is 0 Å². The molecule has 5 heteroatoms. The van der Waals surface area contributed by atoms with Gasteiger partial charge in [-0.3, -0.25) is 9.59 Å². The van der Waals surface area contributed by atoms with Gasteiger partial charge in [0.2, 0.25) is 11.8 Å². The summed E-state index contributed by atoms with van der Waals surface area (Å²) in [5.41, 5.74) is 1.18. The summed E-state index contributed by atoms with van der Waals surface area (Å²) in [6, 6.07) is 10.1. The molecule has 1 fully saturated rings. The highest BCUT2D eigenvalue weighted by molar-refractivity contribution is 5.84. The second kappa shape index (κ2) is 7.22. The Morgan fingerprint density at radius 1 is 1.33 bits per heavy atom. The third kappa shape index (κ3) is 4.04. The monoisotopic (exact) mass is 290 g/mol. The van der Waals surface area contributed by atoms with Gasteiger partial charge in [0.15, 0.2) is 0 Å². The van der Waals surface area contributed by atoms with Crippen molar-refractivity contribution in [3.05, 3.63) is 35.9 Å². The molecule has 0 aromatic heterocycles. The molecule has 0 aliphatic carbocycles. The zero-order chi connectivity index (χ0) is 15.2. The number of nitrogens with one attached hydrogen (secondary N) is 1. The van der Waals surface area contributed by atoms with Crippen LogP contribution in [0.4, 0.5) is 0 Å². The lowest BCUT2D eigenvalue weighted by Crippen LogP contribution is -2.45. The summed E-state index contributed by atoms with van der Waals surface area (Å²) in [6.45, 7) is 2.14. The van der Waals surface area contributed by atoms with Gasteiger partial charge in [0.05, 0.1) is 18.7 Å². The van der Waals surface area contributed by atoms with Crippen molar-refractivity contribution in [2.45, 2.75) is 31.9 Å². The number of carbonyl (C=O) groups is 2. The van der Waals surface area contributed by atoms with E-state index in [4.69, 9.17) is 4.74 Å². The summed E-state index contributed by atoms with van der Waals surface area (Å²) in [5, 5.41) is 2.57. The van der Waals surface area contributed by atoms with E-state index in [1.165, 1.54) is 12.5 Å². The predicted octanol–water partition coefficient (Wildman–Crippen LogP) is 0.981. The maximum Gasteiger partial charge on any atom is 0.242 e. The lowest BCUT2D eigenvalue weighted by molar-refractivity contribution is -0.134. The molecule has 1 aromatic carbocycles. The fourth-order valence-electron chi connectivity index (χ4n) is 2.81. The summed E-state index contributed by atoms with van der Waals surface area (Å²) in [4.78, 5) is 25.0. The molecule has 1 heterocycles. The van der Waals surface area contributed by atoms with E-state index in [1.54, 1.807) is 7.11 Å². The normalized spacial score (nSPS) is 21.3. The summed E-state index contributed by atoms with van der Waals surface area (Å²) in [7, 11) is 1.68. The van der Waals surface area contributed by atoms with Gasteiger partial charge in [0.1, 0.15) is 0 Å². The molecule has 5 nitrogen and oxygen atoms in total. The third-order valence-corrected chi connectivity index (χ3v) is 3.88. The van der Waals surface area contributed by atoms with E-state index in [-0.39, 0.29) is 30.5 Å². The van der Waals surface area contributed by atoms with Gasteiger partial charge in [-0.1, -0.05) is 30.3 Å². The number of benzene rings is 1. The fraction of sp³-hybridized carbons (Fsp3) is 0.500. The number of likely N-dealkylation sites (tertiary alicyclic amines) is 1. The van der Waals surface area contributed by atoms with Crippen LogP contribution >= 0.6 is 0 Å². The number of ether oxygens (including phenoxy) is 1. The Kier molecular flexibility index (Phi) is 5.33. The predicted molar refractivity (Wildman–Crippen MR) is 79.7 cm³/mol. The zero-order valence-electron chi connectivity index (χ0n) is 12.5. The fourth-order valence-corrected chi connectivity index (χ4v) is 2.81. The van der Waals surface area contributed by atoms with Crippen LogP contribution in [0.1, 0.15) is 18.9 Å². The van der Waals surface area contributed by atoms with Gasteiger partial charge in [0, 0.05) is 20.6 Å². The van der Waals surface area contributed by atoms with Crippen molar-refractivity contribution >= 4 is 11.8 Å². The lowest BCUT2D eigenvalue weighted by Gasteiger charge is -2.28. The number of hydrogen-bond acceptors (Lipinski definition) is 3. The topological polar surface area (TPSA) is 58.6 Å². The molecule has 2 amide bonds. The Balaban J connectivity index is 2.05. The third-order valence-electron chi connectivity index (χ3n) is 3.88. The highest BCUT2D eigenvalue weighted by Gasteiger charge is 2.36. The van der Waals surface area contributed by atoms with Crippen LogP contribution < -0.4 is 5.32 Å². The molecule has 1 N–H and O–H groups in total. The Morgan fingerprint density at radius 3 is 2.67 bits per heavy atom. The van der Waals surface area contributed by atoms with Crippen LogP contribution in [0.15, 0.2) is 30.3 Å². The van der Waals surface area contributed by atoms with Crippen molar-refractivity contribution in [2.24, 2.45) is 0 Å². The summed E-state index contributed by atoms with van der Waals surface area (Å²) < 4.78 is 5.52. The van der Waals surface area contributed by atoms with E-state index in [1.807, 2.05) is 23.1 Å². The summed E-state index contributed by atoms with van der Waals surface area (Å²) in [5.74, 6) is -0.240. The highest BCUT2D eigenvalue weighted by atomic mass is 16.5. The van der Waals surface area contributed by atoms with E-state index < -0.39 is 0 Å². The first-order valence-electron chi connectivity index (χ1n) is 7.22. The van der Waals surface area contributed by atoms with Gasteiger partial charge in [0.25, 0.3) is 0 Å². The molecular weight excluding hydrogens is 268 g/mol. The quantitative estimate of drug-likeness (QED) is 0.879. The molecule has 0 spiro atoms. The number of methoxy groups -OCH3 is 1. The molecule has 0 bridgehead atoms. The smallest absolute Gasteiger partial charge is 0.242 e. The van der Waals surface area contributed by atoms with Gasteiger partial charge in [-0.2, -0.15) is 0 Å². The van der Waals surface area contributed by atoms with Gasteiger partial charge >= 0.3 is 0 Å². The minimum absolute atomic E-state index is 0.0265. The standard InChI is InChI=1S/C16H22N2O3/c1-12(19)17-11-16(20)18-9-8-15(21-2)14(18)10-13-6-4-3-5-7-13/h3-7,14-15H,8-11H2,1-2H3,(H,17,19)/t14-,15-/m0/s1. The molecule has 1 aromatic rings. The first kappa shape index (κ1) is 15.5. The van der Waals surface area contributed by atoms with Crippen molar-refractivity contribution in [3.8, 4) is 0 Å². The Labute approximate surface area is 125 Å². The minimum atomic E-state index is -0.189. The van der Waals surface area contributed by atoms with Gasteiger partial charge < -0.3 is 15.0 Å². The molecule has 2 rings (SSSR count). The van der Waals surface area contributed by atoms with Crippen LogP contribution in [0.5, 0.6) is 0 Å². The van der Waals surface area contributed by atoms with E-state index in [0.29, 0.717) is 6.54 Å². The van der Waals surface area contributed by atoms with Crippen LogP contribution in [0.25, 0.3) is 0 Å². The average molecular weight is 290 g/mol. The van der Waals surface area contributed by atoms with E-state index in [9.17, 15) is 9.59 Å². The maximum atomic E-state index is 12.3. The Morgan fingerprint density at radius 2 is 2.05 bits per heavy atom. The maximum absolute atomic E-state index is 12.3. The van der Waals surface area contributed by atoms with Crippen molar-refractivity contribution in [1.82, 2.24) is 10.2 Å². The highest BCUT2D eigenvalue weighted by Crippen LogP contribution is 2.24. The molecule has 114 valence electrons. The van der Waals surface area contributed by atoms with Crippen molar-refractivity contribution in [1.29, 1.82) is 0 Å². The van der Waals surface area contributed by atoms with Gasteiger partial charge in [-0.15, -0.1) is 0 Å². The lowest BCUT2D eigenvalue weighted by atomic mass is 10.0. The first-order chi connectivity index (χ1) is 10.1. The molecule has 21 heavy (non-hydrogen) atoms. The molecule has 1 saturated heterocycles. The first-order valence-corrected chi connectivity index (χ1v) is 7.22. The number of rotatable bonds is 5. The Bertz CT molecular complexity index is 490. The zero-order valence-corrected chi connectivity index (χ0v) is 12.5. The average Bonchev–Trinajstić information content (AvgIpc) is 2.88. The van der Waals surface area contributed by atoms with Gasteiger partial charge in [-0.05, 0) is 18.4 Å². The molecular formula is C16H22N2O3. The summed E-state index contributed by atoms with van der Waals surface area (Å²) in [6.07, 6.45) is 1.65. The molecule has 2 atom stereocenters. The summed E-state index contributed by atoms with van der Waals surface area (Å²) >= 11 is 0. The number of nitrogens with zero attached hydrogens (tertiary/aromatic N) is 1.